The number of aryl methyl sites for hydroxylation is 1. The molecule has 0 radical (unpaired) electrons. The van der Waals surface area contributed by atoms with E-state index in [1.54, 1.807) is 6.08 Å². The number of nitrogens with zero attached hydrogens (tertiary/aromatic N) is 6. The molecule has 1 fully saturated rings. The zero-order valence-corrected chi connectivity index (χ0v) is 17.6. The first-order chi connectivity index (χ1) is 14.5. The van der Waals surface area contributed by atoms with Crippen LogP contribution in [0, 0.1) is 20.8 Å². The van der Waals surface area contributed by atoms with Gasteiger partial charge < -0.3 is 9.80 Å². The van der Waals surface area contributed by atoms with E-state index in [-0.39, 0.29) is 5.91 Å². The summed E-state index contributed by atoms with van der Waals surface area (Å²) in [5, 5.41) is 13.3. The normalized spacial score (nSPS) is 14.5. The van der Waals surface area contributed by atoms with Crippen LogP contribution >= 0.6 is 0 Å². The van der Waals surface area contributed by atoms with Gasteiger partial charge in [0.15, 0.2) is 11.6 Å². The van der Waals surface area contributed by atoms with Crippen molar-refractivity contribution in [2.24, 2.45) is 0 Å². The Balaban J connectivity index is 1.36. The van der Waals surface area contributed by atoms with E-state index < -0.39 is 0 Å². The second-order valence-electron chi connectivity index (χ2n) is 7.51. The smallest absolute Gasteiger partial charge is 0.246 e. The molecule has 0 unspecified atom stereocenters. The molecule has 0 N–H and O–H groups in total. The van der Waals surface area contributed by atoms with Gasteiger partial charge in [0.05, 0.1) is 5.69 Å². The molecule has 2 aromatic heterocycles. The number of benzene rings is 1. The molecule has 0 saturated carbocycles. The molecule has 0 aliphatic carbocycles. The van der Waals surface area contributed by atoms with Crippen molar-refractivity contribution in [1.29, 1.82) is 0 Å². The van der Waals surface area contributed by atoms with Gasteiger partial charge in [-0.2, -0.15) is 5.10 Å². The van der Waals surface area contributed by atoms with Crippen LogP contribution in [0.25, 0.3) is 11.9 Å². The molecule has 3 aromatic rings. The molecule has 3 heterocycles. The Morgan fingerprint density at radius 3 is 2.17 bits per heavy atom. The molecule has 1 amide bonds. The Bertz CT molecular complexity index is 1050. The molecule has 30 heavy (non-hydrogen) atoms. The number of anilines is 1. The molecule has 1 aliphatic heterocycles. The SMILES string of the molecule is Cc1nn(-c2ccc(N3CCN(C(=O)C=Cc4ccccc4)CC3)nn2)c(C)c1C. The summed E-state index contributed by atoms with van der Waals surface area (Å²) >= 11 is 0. The maximum atomic E-state index is 12.5. The van der Waals surface area contributed by atoms with Gasteiger partial charge in [0.1, 0.15) is 0 Å². The first-order valence-corrected chi connectivity index (χ1v) is 10.2. The molecule has 154 valence electrons. The van der Waals surface area contributed by atoms with E-state index in [9.17, 15) is 4.79 Å². The summed E-state index contributed by atoms with van der Waals surface area (Å²) in [7, 11) is 0. The molecular formula is C23H26N6O. The third-order valence-electron chi connectivity index (χ3n) is 5.64. The Kier molecular flexibility index (Phi) is 5.61. The average molecular weight is 403 g/mol. The third kappa shape index (κ3) is 4.10. The van der Waals surface area contributed by atoms with Crippen molar-refractivity contribution in [3.8, 4) is 5.82 Å². The highest BCUT2D eigenvalue weighted by Gasteiger charge is 2.21. The van der Waals surface area contributed by atoms with Gasteiger partial charge in [-0.15, -0.1) is 10.2 Å². The fraction of sp³-hybridized carbons (Fsp3) is 0.304. The second-order valence-corrected chi connectivity index (χ2v) is 7.51. The van der Waals surface area contributed by atoms with Crippen LogP contribution in [0.15, 0.2) is 48.5 Å². The van der Waals surface area contributed by atoms with Crippen molar-refractivity contribution in [3.05, 3.63) is 71.1 Å². The van der Waals surface area contributed by atoms with E-state index in [4.69, 9.17) is 0 Å². The zero-order chi connectivity index (χ0) is 21.1. The number of hydrogen-bond acceptors (Lipinski definition) is 5. The number of carbonyl (C=O) groups is 1. The Labute approximate surface area is 176 Å². The van der Waals surface area contributed by atoms with Gasteiger partial charge in [0, 0.05) is 37.9 Å². The lowest BCUT2D eigenvalue weighted by atomic mass is 10.2. The fourth-order valence-electron chi connectivity index (χ4n) is 3.54. The Morgan fingerprint density at radius 1 is 0.900 bits per heavy atom. The largest absolute Gasteiger partial charge is 0.352 e. The third-order valence-corrected chi connectivity index (χ3v) is 5.64. The molecule has 0 bridgehead atoms. The zero-order valence-electron chi connectivity index (χ0n) is 17.6. The molecule has 0 spiro atoms. The van der Waals surface area contributed by atoms with Crippen molar-refractivity contribution in [2.45, 2.75) is 20.8 Å². The summed E-state index contributed by atoms with van der Waals surface area (Å²) in [6, 6.07) is 13.8. The number of amides is 1. The maximum absolute atomic E-state index is 12.5. The van der Waals surface area contributed by atoms with Crippen molar-refractivity contribution in [3.63, 3.8) is 0 Å². The maximum Gasteiger partial charge on any atom is 0.246 e. The molecule has 0 atom stereocenters. The predicted octanol–water partition coefficient (Wildman–Crippen LogP) is 2.95. The molecule has 4 rings (SSSR count). The number of rotatable bonds is 4. The van der Waals surface area contributed by atoms with Crippen molar-refractivity contribution in [2.75, 3.05) is 31.1 Å². The van der Waals surface area contributed by atoms with E-state index in [0.29, 0.717) is 18.9 Å². The topological polar surface area (TPSA) is 67.2 Å². The summed E-state index contributed by atoms with van der Waals surface area (Å²) in [6.45, 7) is 8.89. The van der Waals surface area contributed by atoms with Gasteiger partial charge in [-0.1, -0.05) is 30.3 Å². The van der Waals surface area contributed by atoms with E-state index >= 15 is 0 Å². The molecule has 1 aliphatic rings. The Morgan fingerprint density at radius 2 is 1.57 bits per heavy atom. The second kappa shape index (κ2) is 8.49. The van der Waals surface area contributed by atoms with Crippen LogP contribution in [0.4, 0.5) is 5.82 Å². The highest BCUT2D eigenvalue weighted by Crippen LogP contribution is 2.18. The van der Waals surface area contributed by atoms with Crippen molar-refractivity contribution < 1.29 is 4.79 Å². The summed E-state index contributed by atoms with van der Waals surface area (Å²) < 4.78 is 1.83. The minimum Gasteiger partial charge on any atom is -0.352 e. The van der Waals surface area contributed by atoms with Gasteiger partial charge in [-0.3, -0.25) is 4.79 Å². The molecule has 7 nitrogen and oxygen atoms in total. The van der Waals surface area contributed by atoms with Gasteiger partial charge in [-0.25, -0.2) is 4.68 Å². The first-order valence-electron chi connectivity index (χ1n) is 10.2. The molecule has 7 heteroatoms. The van der Waals surface area contributed by atoms with Crippen LogP contribution < -0.4 is 4.90 Å². The Hall–Kier alpha value is -3.48. The summed E-state index contributed by atoms with van der Waals surface area (Å²) in [5.41, 5.74) is 4.27. The molecule has 1 aromatic carbocycles. The van der Waals surface area contributed by atoms with Gasteiger partial charge in [0.2, 0.25) is 5.91 Å². The van der Waals surface area contributed by atoms with Gasteiger partial charge in [-0.05, 0) is 50.1 Å². The lowest BCUT2D eigenvalue weighted by molar-refractivity contribution is -0.126. The van der Waals surface area contributed by atoms with Crippen molar-refractivity contribution in [1.82, 2.24) is 24.9 Å². The van der Waals surface area contributed by atoms with Crippen LogP contribution in [0.3, 0.4) is 0 Å². The highest BCUT2D eigenvalue weighted by atomic mass is 16.2. The molecular weight excluding hydrogens is 376 g/mol. The lowest BCUT2D eigenvalue weighted by Crippen LogP contribution is -2.48. The average Bonchev–Trinajstić information content (AvgIpc) is 3.05. The van der Waals surface area contributed by atoms with Gasteiger partial charge in [0.25, 0.3) is 0 Å². The van der Waals surface area contributed by atoms with E-state index in [1.165, 1.54) is 5.56 Å². The van der Waals surface area contributed by atoms with E-state index in [0.717, 1.165) is 35.9 Å². The summed E-state index contributed by atoms with van der Waals surface area (Å²) in [5.74, 6) is 1.58. The number of carbonyl (C=O) groups excluding carboxylic acids is 1. The van der Waals surface area contributed by atoms with Crippen molar-refractivity contribution >= 4 is 17.8 Å². The minimum absolute atomic E-state index is 0.0415. The fourth-order valence-corrected chi connectivity index (χ4v) is 3.54. The van der Waals surface area contributed by atoms with Crippen LogP contribution in [0.5, 0.6) is 0 Å². The monoisotopic (exact) mass is 402 g/mol. The standard InChI is InChI=1S/C23H26N6O/c1-17-18(2)26-29(19(17)3)22-11-10-21(24-25-22)27-13-15-28(16-14-27)23(30)12-9-20-7-5-4-6-8-20/h4-12H,13-16H2,1-3H3. The highest BCUT2D eigenvalue weighted by molar-refractivity contribution is 5.91. The van der Waals surface area contributed by atoms with Crippen LogP contribution in [-0.2, 0) is 4.79 Å². The predicted molar refractivity (Wildman–Crippen MR) is 118 cm³/mol. The van der Waals surface area contributed by atoms with Crippen LogP contribution in [-0.4, -0.2) is 57.0 Å². The number of hydrogen-bond donors (Lipinski definition) is 0. The lowest BCUT2D eigenvalue weighted by Gasteiger charge is -2.34. The first kappa shape index (κ1) is 19.8. The van der Waals surface area contributed by atoms with Gasteiger partial charge >= 0.3 is 0 Å². The number of aromatic nitrogens is 4. The molecule has 1 saturated heterocycles. The summed E-state index contributed by atoms with van der Waals surface area (Å²) in [4.78, 5) is 16.5. The number of piperazine rings is 1. The summed E-state index contributed by atoms with van der Waals surface area (Å²) in [6.07, 6.45) is 3.51. The minimum atomic E-state index is 0.0415. The van der Waals surface area contributed by atoms with Crippen LogP contribution in [0.2, 0.25) is 0 Å². The quantitative estimate of drug-likeness (QED) is 0.628. The van der Waals surface area contributed by atoms with E-state index in [1.807, 2.05) is 72.0 Å². The van der Waals surface area contributed by atoms with Crippen LogP contribution in [0.1, 0.15) is 22.5 Å². The van der Waals surface area contributed by atoms with E-state index in [2.05, 4.69) is 27.1 Å².